The van der Waals surface area contributed by atoms with Crippen LogP contribution in [0.25, 0.3) is 5.69 Å². The van der Waals surface area contributed by atoms with Crippen LogP contribution in [0.2, 0.25) is 0 Å². The van der Waals surface area contributed by atoms with Crippen LogP contribution in [0, 0.1) is 0 Å². The number of nitrogens with zero attached hydrogens (tertiary/aromatic N) is 2. The van der Waals surface area contributed by atoms with Gasteiger partial charge in [0.25, 0.3) is 0 Å². The highest BCUT2D eigenvalue weighted by Crippen LogP contribution is 2.11. The number of rotatable bonds is 4. The molecule has 1 aromatic heterocycles. The molecule has 3 heteroatoms. The third-order valence-corrected chi connectivity index (χ3v) is 2.99. The molecule has 0 unspecified atom stereocenters. The quantitative estimate of drug-likeness (QED) is 0.693. The molecule has 0 fully saturated rings. The minimum atomic E-state index is 0. The Bertz CT molecular complexity index is 450. The molecule has 0 aliphatic carbocycles. The summed E-state index contributed by atoms with van der Waals surface area (Å²) in [6, 6.07) is 14.7. The number of hydrogen-bond donors (Lipinski definition) is 0. The zero-order valence-corrected chi connectivity index (χ0v) is 11.6. The molecule has 0 saturated heterocycles. The van der Waals surface area contributed by atoms with E-state index in [1.165, 1.54) is 11.4 Å². The minimum absolute atomic E-state index is 0. The van der Waals surface area contributed by atoms with E-state index in [1.807, 2.05) is 6.07 Å². The SMILES string of the molecule is CCN(CC)c1cc[n+](-c2ccccc2)cc1.[Cl-]. The summed E-state index contributed by atoms with van der Waals surface area (Å²) in [7, 11) is 0. The molecule has 1 aromatic carbocycles. The van der Waals surface area contributed by atoms with Crippen LogP contribution in [0.3, 0.4) is 0 Å². The monoisotopic (exact) mass is 262 g/mol. The van der Waals surface area contributed by atoms with E-state index in [0.29, 0.717) is 0 Å². The van der Waals surface area contributed by atoms with Crippen LogP contribution in [0.5, 0.6) is 0 Å². The van der Waals surface area contributed by atoms with Crippen LogP contribution >= 0.6 is 0 Å². The molecule has 0 amide bonds. The van der Waals surface area contributed by atoms with Gasteiger partial charge >= 0.3 is 0 Å². The van der Waals surface area contributed by atoms with Gasteiger partial charge in [-0.1, -0.05) is 18.2 Å². The smallest absolute Gasteiger partial charge is 0.210 e. The Labute approximate surface area is 115 Å². The molecule has 2 aromatic rings. The Hall–Kier alpha value is -1.54. The maximum Gasteiger partial charge on any atom is 0.210 e. The number of aromatic nitrogens is 1. The lowest BCUT2D eigenvalue weighted by Gasteiger charge is -2.19. The molecule has 96 valence electrons. The van der Waals surface area contributed by atoms with Gasteiger partial charge < -0.3 is 17.3 Å². The average Bonchev–Trinajstić information content (AvgIpc) is 2.42. The molecule has 0 bridgehead atoms. The summed E-state index contributed by atoms with van der Waals surface area (Å²) < 4.78 is 2.13. The Morgan fingerprint density at radius 3 is 1.94 bits per heavy atom. The van der Waals surface area contributed by atoms with Gasteiger partial charge in [-0.05, 0) is 13.8 Å². The van der Waals surface area contributed by atoms with Crippen LogP contribution in [-0.2, 0) is 0 Å². The summed E-state index contributed by atoms with van der Waals surface area (Å²) >= 11 is 0. The Morgan fingerprint density at radius 1 is 0.889 bits per heavy atom. The Balaban J connectivity index is 0.00000162. The van der Waals surface area contributed by atoms with Crippen molar-refractivity contribution in [2.45, 2.75) is 13.8 Å². The third kappa shape index (κ3) is 3.23. The summed E-state index contributed by atoms with van der Waals surface area (Å²) in [6.45, 7) is 6.46. The Morgan fingerprint density at radius 2 is 1.44 bits per heavy atom. The number of benzene rings is 1. The fraction of sp³-hybridized carbons (Fsp3) is 0.267. The molecule has 2 rings (SSSR count). The molecule has 0 aliphatic heterocycles. The fourth-order valence-corrected chi connectivity index (χ4v) is 1.99. The van der Waals surface area contributed by atoms with Crippen LogP contribution < -0.4 is 21.9 Å². The first-order chi connectivity index (χ1) is 8.35. The van der Waals surface area contributed by atoms with Gasteiger partial charge in [-0.25, -0.2) is 0 Å². The first-order valence-corrected chi connectivity index (χ1v) is 6.16. The molecular formula is C15H19ClN2. The number of pyridine rings is 1. The van der Waals surface area contributed by atoms with Crippen molar-refractivity contribution in [3.8, 4) is 5.69 Å². The number of halogens is 1. The number of para-hydroxylation sites is 1. The van der Waals surface area contributed by atoms with Gasteiger partial charge in [-0.15, -0.1) is 0 Å². The summed E-state index contributed by atoms with van der Waals surface area (Å²) in [5, 5.41) is 0. The van der Waals surface area contributed by atoms with Crippen molar-refractivity contribution in [1.29, 1.82) is 0 Å². The van der Waals surface area contributed by atoms with Crippen molar-refractivity contribution in [1.82, 2.24) is 0 Å². The molecule has 0 saturated carbocycles. The largest absolute Gasteiger partial charge is 1.00 e. The summed E-state index contributed by atoms with van der Waals surface area (Å²) in [5.41, 5.74) is 2.47. The van der Waals surface area contributed by atoms with Crippen LogP contribution in [0.1, 0.15) is 13.8 Å². The molecule has 18 heavy (non-hydrogen) atoms. The van der Waals surface area contributed by atoms with Crippen molar-refractivity contribution in [3.63, 3.8) is 0 Å². The standard InChI is InChI=1S/C15H19N2.ClH/c1-3-16(4-2)15-10-12-17(13-11-15)14-8-6-5-7-9-14;/h5-13H,3-4H2,1-2H3;1H/q+1;/p-1. The van der Waals surface area contributed by atoms with Gasteiger partial charge in [0.2, 0.25) is 5.69 Å². The summed E-state index contributed by atoms with van der Waals surface area (Å²) in [4.78, 5) is 2.34. The normalized spacial score (nSPS) is 9.67. The van der Waals surface area contributed by atoms with E-state index in [4.69, 9.17) is 0 Å². The molecule has 0 aliphatic rings. The zero-order valence-electron chi connectivity index (χ0n) is 10.9. The Kier molecular flexibility index (Phi) is 5.66. The van der Waals surface area contributed by atoms with Crippen molar-refractivity contribution in [2.24, 2.45) is 0 Å². The molecule has 0 atom stereocenters. The van der Waals surface area contributed by atoms with Crippen LogP contribution in [0.15, 0.2) is 54.9 Å². The molecular weight excluding hydrogens is 244 g/mol. The van der Waals surface area contributed by atoms with E-state index in [1.54, 1.807) is 0 Å². The van der Waals surface area contributed by atoms with E-state index < -0.39 is 0 Å². The van der Waals surface area contributed by atoms with Crippen molar-refractivity contribution in [3.05, 3.63) is 54.9 Å². The zero-order chi connectivity index (χ0) is 12.1. The van der Waals surface area contributed by atoms with Gasteiger partial charge in [-0.2, -0.15) is 4.57 Å². The van der Waals surface area contributed by atoms with Crippen molar-refractivity contribution < 1.29 is 17.0 Å². The predicted octanol–water partition coefficient (Wildman–Crippen LogP) is -0.186. The fourth-order valence-electron chi connectivity index (χ4n) is 1.99. The van der Waals surface area contributed by atoms with Gasteiger partial charge in [0.1, 0.15) is 0 Å². The molecule has 1 heterocycles. The second-order valence-corrected chi connectivity index (χ2v) is 3.97. The van der Waals surface area contributed by atoms with Crippen LogP contribution in [-0.4, -0.2) is 13.1 Å². The highest BCUT2D eigenvalue weighted by molar-refractivity contribution is 5.43. The average molecular weight is 263 g/mol. The van der Waals surface area contributed by atoms with Gasteiger partial charge in [0.15, 0.2) is 12.4 Å². The van der Waals surface area contributed by atoms with Crippen LogP contribution in [0.4, 0.5) is 5.69 Å². The van der Waals surface area contributed by atoms with Gasteiger partial charge in [0.05, 0.1) is 0 Å². The van der Waals surface area contributed by atoms with Crippen molar-refractivity contribution >= 4 is 5.69 Å². The first kappa shape index (κ1) is 14.5. The lowest BCUT2D eigenvalue weighted by atomic mass is 10.3. The van der Waals surface area contributed by atoms with E-state index >= 15 is 0 Å². The van der Waals surface area contributed by atoms with Gasteiger partial charge in [-0.3, -0.25) is 0 Å². The topological polar surface area (TPSA) is 7.12 Å². The highest BCUT2D eigenvalue weighted by atomic mass is 35.5. The lowest BCUT2D eigenvalue weighted by Crippen LogP contribution is -3.00. The maximum atomic E-state index is 2.34. The molecule has 0 spiro atoms. The van der Waals surface area contributed by atoms with E-state index in [0.717, 1.165) is 13.1 Å². The maximum absolute atomic E-state index is 2.34. The van der Waals surface area contributed by atoms with E-state index in [9.17, 15) is 0 Å². The molecule has 2 nitrogen and oxygen atoms in total. The third-order valence-electron chi connectivity index (χ3n) is 2.99. The second-order valence-electron chi connectivity index (χ2n) is 3.97. The molecule has 0 radical (unpaired) electrons. The minimum Gasteiger partial charge on any atom is -1.00 e. The first-order valence-electron chi connectivity index (χ1n) is 6.16. The molecule has 0 N–H and O–H groups in total. The lowest BCUT2D eigenvalue weighted by molar-refractivity contribution is -0.595. The van der Waals surface area contributed by atoms with E-state index in [2.05, 4.69) is 72.1 Å². The number of hydrogen-bond acceptors (Lipinski definition) is 1. The summed E-state index contributed by atoms with van der Waals surface area (Å²) in [6.07, 6.45) is 4.23. The number of anilines is 1. The van der Waals surface area contributed by atoms with Crippen molar-refractivity contribution in [2.75, 3.05) is 18.0 Å². The summed E-state index contributed by atoms with van der Waals surface area (Å²) in [5.74, 6) is 0. The predicted molar refractivity (Wildman–Crippen MR) is 71.5 cm³/mol. The van der Waals surface area contributed by atoms with E-state index in [-0.39, 0.29) is 12.4 Å². The van der Waals surface area contributed by atoms with Gasteiger partial charge in [0, 0.05) is 43.0 Å². The highest BCUT2D eigenvalue weighted by Gasteiger charge is 2.06. The second kappa shape index (κ2) is 7.02.